The Morgan fingerprint density at radius 2 is 2.04 bits per heavy atom. The van der Waals surface area contributed by atoms with Crippen molar-refractivity contribution in [2.45, 2.75) is 52.5 Å². The lowest BCUT2D eigenvalue weighted by Gasteiger charge is -2.16. The minimum absolute atomic E-state index is 0.219. The first-order valence-corrected chi connectivity index (χ1v) is 10.1. The number of aryl methyl sites for hydroxylation is 3. The molecule has 2 aromatic heterocycles. The molecule has 1 atom stereocenters. The number of fused-ring (bicyclic) bond motifs is 3. The molecule has 0 aliphatic heterocycles. The fraction of sp³-hybridized carbons (Fsp3) is 0.400. The van der Waals surface area contributed by atoms with E-state index in [4.69, 9.17) is 0 Å². The molecule has 0 bridgehead atoms. The first-order chi connectivity index (χ1) is 13.0. The van der Waals surface area contributed by atoms with Gasteiger partial charge in [-0.3, -0.25) is 9.59 Å². The van der Waals surface area contributed by atoms with Gasteiger partial charge < -0.3 is 5.32 Å². The first kappa shape index (κ1) is 17.9. The number of benzene rings is 1. The highest BCUT2D eigenvalue weighted by Gasteiger charge is 2.24. The van der Waals surface area contributed by atoms with E-state index in [2.05, 4.69) is 15.6 Å². The average Bonchev–Trinajstić information content (AvgIpc) is 3.04. The number of carbonyl (C=O) groups excluding carboxylic acids is 1. The van der Waals surface area contributed by atoms with E-state index in [1.165, 1.54) is 9.56 Å². The van der Waals surface area contributed by atoms with E-state index in [0.717, 1.165) is 48.1 Å². The van der Waals surface area contributed by atoms with E-state index in [0.29, 0.717) is 10.2 Å². The Morgan fingerprint density at radius 1 is 1.26 bits per heavy atom. The molecule has 1 aliphatic rings. The summed E-state index contributed by atoms with van der Waals surface area (Å²) < 4.78 is 1.21. The van der Waals surface area contributed by atoms with E-state index in [-0.39, 0.29) is 11.5 Å². The molecule has 0 spiro atoms. The van der Waals surface area contributed by atoms with Crippen molar-refractivity contribution in [2.75, 3.05) is 5.32 Å². The number of nitrogens with one attached hydrogen (secondary N) is 1. The smallest absolute Gasteiger partial charge is 0.279 e. The van der Waals surface area contributed by atoms with Gasteiger partial charge in [-0.15, -0.1) is 16.4 Å². The molecule has 3 aromatic rings. The van der Waals surface area contributed by atoms with Crippen molar-refractivity contribution in [3.8, 4) is 0 Å². The van der Waals surface area contributed by atoms with E-state index in [1.807, 2.05) is 32.0 Å². The third-order valence-electron chi connectivity index (χ3n) is 5.42. The van der Waals surface area contributed by atoms with Crippen LogP contribution >= 0.6 is 11.3 Å². The van der Waals surface area contributed by atoms with Crippen LogP contribution in [0.2, 0.25) is 0 Å². The lowest BCUT2D eigenvalue weighted by molar-refractivity contribution is -0.119. The van der Waals surface area contributed by atoms with Crippen molar-refractivity contribution in [1.29, 1.82) is 0 Å². The van der Waals surface area contributed by atoms with E-state index < -0.39 is 6.04 Å². The van der Waals surface area contributed by atoms with Crippen LogP contribution in [-0.4, -0.2) is 20.9 Å². The molecular formula is C20H22N4O2S. The first-order valence-electron chi connectivity index (χ1n) is 9.24. The fourth-order valence-corrected chi connectivity index (χ4v) is 4.77. The largest absolute Gasteiger partial charge is 0.324 e. The molecular weight excluding hydrogens is 360 g/mol. The third kappa shape index (κ3) is 3.06. The maximum absolute atomic E-state index is 13.1. The van der Waals surface area contributed by atoms with Crippen molar-refractivity contribution in [3.05, 3.63) is 50.1 Å². The van der Waals surface area contributed by atoms with Gasteiger partial charge in [-0.2, -0.15) is 4.68 Å². The molecule has 0 unspecified atom stereocenters. The summed E-state index contributed by atoms with van der Waals surface area (Å²) in [5.41, 5.74) is 3.75. The maximum atomic E-state index is 13.1. The summed E-state index contributed by atoms with van der Waals surface area (Å²) in [7, 11) is 0. The standard InChI is InChI=1S/C20H22N4O2S/c1-11-7-6-9-15(12(11)2)21-18(25)13(3)24-20(26)17-14-8-4-5-10-16(14)27-19(17)22-23-24/h6-7,9,13H,4-5,8,10H2,1-3H3,(H,21,25)/t13-/m1/s1. The minimum Gasteiger partial charge on any atom is -0.324 e. The number of amides is 1. The molecule has 4 rings (SSSR count). The van der Waals surface area contributed by atoms with Gasteiger partial charge in [0.2, 0.25) is 5.91 Å². The van der Waals surface area contributed by atoms with Gasteiger partial charge in [-0.05, 0) is 69.2 Å². The summed E-state index contributed by atoms with van der Waals surface area (Å²) >= 11 is 1.56. The number of aromatic nitrogens is 3. The van der Waals surface area contributed by atoms with Gasteiger partial charge in [0.15, 0.2) is 4.83 Å². The van der Waals surface area contributed by atoms with Gasteiger partial charge in [0.05, 0.1) is 5.39 Å². The molecule has 140 valence electrons. The van der Waals surface area contributed by atoms with Gasteiger partial charge in [0.25, 0.3) is 5.56 Å². The highest BCUT2D eigenvalue weighted by molar-refractivity contribution is 7.18. The van der Waals surface area contributed by atoms with Crippen LogP contribution in [0.15, 0.2) is 23.0 Å². The predicted octanol–water partition coefficient (Wildman–Crippen LogP) is 3.55. The van der Waals surface area contributed by atoms with Gasteiger partial charge in [-0.25, -0.2) is 0 Å². The Bertz CT molecular complexity index is 1100. The van der Waals surface area contributed by atoms with Crippen LogP contribution in [0, 0.1) is 13.8 Å². The van der Waals surface area contributed by atoms with Crippen molar-refractivity contribution >= 4 is 33.1 Å². The predicted molar refractivity (Wildman–Crippen MR) is 108 cm³/mol. The van der Waals surface area contributed by atoms with Crippen LogP contribution < -0.4 is 10.9 Å². The average molecular weight is 382 g/mol. The van der Waals surface area contributed by atoms with Crippen LogP contribution in [-0.2, 0) is 17.6 Å². The summed E-state index contributed by atoms with van der Waals surface area (Å²) in [6.07, 6.45) is 4.14. The summed E-state index contributed by atoms with van der Waals surface area (Å²) in [5, 5.41) is 11.9. The molecule has 1 aliphatic carbocycles. The second kappa shape index (κ2) is 6.88. The number of nitrogens with zero attached hydrogens (tertiary/aromatic N) is 3. The zero-order chi connectivity index (χ0) is 19.1. The second-order valence-electron chi connectivity index (χ2n) is 7.14. The fourth-order valence-electron chi connectivity index (χ4n) is 3.57. The number of anilines is 1. The lowest BCUT2D eigenvalue weighted by atomic mass is 9.97. The molecule has 2 heterocycles. The van der Waals surface area contributed by atoms with E-state index in [1.54, 1.807) is 18.3 Å². The zero-order valence-corrected chi connectivity index (χ0v) is 16.5. The quantitative estimate of drug-likeness (QED) is 0.751. The topological polar surface area (TPSA) is 76.9 Å². The summed E-state index contributed by atoms with van der Waals surface area (Å²) in [6, 6.07) is 5.02. The summed E-state index contributed by atoms with van der Waals surface area (Å²) in [6.45, 7) is 5.64. The van der Waals surface area contributed by atoms with Crippen molar-refractivity contribution < 1.29 is 4.79 Å². The van der Waals surface area contributed by atoms with Crippen LogP contribution in [0.4, 0.5) is 5.69 Å². The molecule has 0 radical (unpaired) electrons. The number of hydrogen-bond acceptors (Lipinski definition) is 5. The molecule has 6 nitrogen and oxygen atoms in total. The Hall–Kier alpha value is -2.54. The Labute approximate surface area is 161 Å². The van der Waals surface area contributed by atoms with Crippen LogP contribution in [0.1, 0.15) is 47.4 Å². The lowest BCUT2D eigenvalue weighted by Crippen LogP contribution is -2.34. The van der Waals surface area contributed by atoms with Crippen LogP contribution in [0.25, 0.3) is 10.2 Å². The molecule has 1 N–H and O–H groups in total. The van der Waals surface area contributed by atoms with Gasteiger partial charge in [0.1, 0.15) is 6.04 Å². The Morgan fingerprint density at radius 3 is 2.85 bits per heavy atom. The highest BCUT2D eigenvalue weighted by atomic mass is 32.1. The minimum atomic E-state index is -0.742. The molecule has 27 heavy (non-hydrogen) atoms. The summed E-state index contributed by atoms with van der Waals surface area (Å²) in [4.78, 5) is 27.8. The monoisotopic (exact) mass is 382 g/mol. The molecule has 0 fully saturated rings. The summed E-state index contributed by atoms with van der Waals surface area (Å²) in [5.74, 6) is -0.274. The van der Waals surface area contributed by atoms with Crippen LogP contribution in [0.5, 0.6) is 0 Å². The normalized spacial score (nSPS) is 14.8. The molecule has 1 amide bonds. The number of carbonyl (C=O) groups is 1. The SMILES string of the molecule is Cc1cccc(NC(=O)[C@@H](C)n2nnc3sc4c(c3c2=O)CCCC4)c1C. The Kier molecular flexibility index (Phi) is 4.55. The number of rotatable bonds is 3. The van der Waals surface area contributed by atoms with Gasteiger partial charge >= 0.3 is 0 Å². The number of hydrogen-bond donors (Lipinski definition) is 1. The zero-order valence-electron chi connectivity index (χ0n) is 15.7. The van der Waals surface area contributed by atoms with E-state index in [9.17, 15) is 9.59 Å². The highest BCUT2D eigenvalue weighted by Crippen LogP contribution is 2.33. The van der Waals surface area contributed by atoms with Gasteiger partial charge in [-0.1, -0.05) is 17.3 Å². The molecule has 0 saturated heterocycles. The van der Waals surface area contributed by atoms with Crippen molar-refractivity contribution in [1.82, 2.24) is 15.0 Å². The Balaban J connectivity index is 1.69. The van der Waals surface area contributed by atoms with Crippen LogP contribution in [0.3, 0.4) is 0 Å². The third-order valence-corrected chi connectivity index (χ3v) is 6.59. The number of thiophene rings is 1. The molecule has 0 saturated carbocycles. The van der Waals surface area contributed by atoms with E-state index >= 15 is 0 Å². The van der Waals surface area contributed by atoms with Crippen molar-refractivity contribution in [2.24, 2.45) is 0 Å². The van der Waals surface area contributed by atoms with Crippen molar-refractivity contribution in [3.63, 3.8) is 0 Å². The molecule has 7 heteroatoms. The van der Waals surface area contributed by atoms with Gasteiger partial charge in [0, 0.05) is 10.6 Å². The second-order valence-corrected chi connectivity index (χ2v) is 8.23. The maximum Gasteiger partial charge on any atom is 0.279 e. The molecule has 1 aromatic carbocycles.